The highest BCUT2D eigenvalue weighted by Gasteiger charge is 2.17. The van der Waals surface area contributed by atoms with Crippen LogP contribution in [0.1, 0.15) is 18.9 Å². The number of hydrogen-bond donors (Lipinski definition) is 1. The first-order valence-electron chi connectivity index (χ1n) is 6.18. The van der Waals surface area contributed by atoms with Crippen LogP contribution in [0.5, 0.6) is 11.5 Å². The van der Waals surface area contributed by atoms with Crippen molar-refractivity contribution in [3.05, 3.63) is 24.1 Å². The van der Waals surface area contributed by atoms with Crippen LogP contribution in [0.25, 0.3) is 11.5 Å². The smallest absolute Gasteiger partial charge is 0.247 e. The van der Waals surface area contributed by atoms with Crippen LogP contribution in [0.4, 0.5) is 0 Å². The van der Waals surface area contributed by atoms with Crippen molar-refractivity contribution < 1.29 is 13.9 Å². The third-order valence-electron chi connectivity index (χ3n) is 3.03. The Morgan fingerprint density at radius 2 is 1.95 bits per heavy atom. The maximum Gasteiger partial charge on any atom is 0.247 e. The third-order valence-corrected chi connectivity index (χ3v) is 3.03. The van der Waals surface area contributed by atoms with E-state index in [9.17, 15) is 0 Å². The largest absolute Gasteiger partial charge is 0.486 e. The molecule has 1 atom stereocenters. The predicted octanol–water partition coefficient (Wildman–Crippen LogP) is 1.79. The summed E-state index contributed by atoms with van der Waals surface area (Å²) in [7, 11) is 1.85. The van der Waals surface area contributed by atoms with Gasteiger partial charge in [-0.3, -0.25) is 0 Å². The molecule has 6 nitrogen and oxygen atoms in total. The zero-order chi connectivity index (χ0) is 13.2. The van der Waals surface area contributed by atoms with Crippen molar-refractivity contribution in [3.8, 4) is 23.0 Å². The minimum atomic E-state index is 0.0264. The standard InChI is InChI=1S/C13H15N3O3/c1-8(14-2)12-15-16-13(19-12)9-3-4-10-11(7-9)18-6-5-17-10/h3-4,7-8,14H,5-6H2,1-2H3. The fraction of sp³-hybridized carbons (Fsp3) is 0.385. The van der Waals surface area contributed by atoms with Gasteiger partial charge in [-0.05, 0) is 32.2 Å². The summed E-state index contributed by atoms with van der Waals surface area (Å²) in [4.78, 5) is 0. The molecule has 1 aromatic heterocycles. The van der Waals surface area contributed by atoms with Crippen molar-refractivity contribution in [1.29, 1.82) is 0 Å². The van der Waals surface area contributed by atoms with Gasteiger partial charge in [0.05, 0.1) is 6.04 Å². The van der Waals surface area contributed by atoms with Crippen molar-refractivity contribution in [3.63, 3.8) is 0 Å². The van der Waals surface area contributed by atoms with Gasteiger partial charge in [-0.1, -0.05) is 0 Å². The summed E-state index contributed by atoms with van der Waals surface area (Å²) in [6, 6.07) is 5.62. The molecule has 19 heavy (non-hydrogen) atoms. The van der Waals surface area contributed by atoms with Crippen molar-refractivity contribution in [2.45, 2.75) is 13.0 Å². The number of rotatable bonds is 3. The second kappa shape index (κ2) is 4.89. The van der Waals surface area contributed by atoms with Crippen LogP contribution in [-0.4, -0.2) is 30.5 Å². The third kappa shape index (κ3) is 2.26. The number of hydrogen-bond acceptors (Lipinski definition) is 6. The van der Waals surface area contributed by atoms with Gasteiger partial charge in [0.15, 0.2) is 11.5 Å². The molecule has 0 radical (unpaired) electrons. The van der Waals surface area contributed by atoms with E-state index in [1.807, 2.05) is 32.2 Å². The lowest BCUT2D eigenvalue weighted by atomic mass is 10.2. The Bertz CT molecular complexity index is 582. The van der Waals surface area contributed by atoms with Crippen molar-refractivity contribution in [2.24, 2.45) is 0 Å². The Morgan fingerprint density at radius 3 is 2.74 bits per heavy atom. The highest BCUT2D eigenvalue weighted by atomic mass is 16.6. The van der Waals surface area contributed by atoms with E-state index in [2.05, 4.69) is 15.5 Å². The molecule has 0 bridgehead atoms. The molecule has 1 aliphatic heterocycles. The van der Waals surface area contributed by atoms with Crippen LogP contribution in [0.15, 0.2) is 22.6 Å². The van der Waals surface area contributed by atoms with Gasteiger partial charge in [0, 0.05) is 5.56 Å². The summed E-state index contributed by atoms with van der Waals surface area (Å²) in [5, 5.41) is 11.1. The normalized spacial score (nSPS) is 15.3. The van der Waals surface area contributed by atoms with E-state index in [1.54, 1.807) is 0 Å². The van der Waals surface area contributed by atoms with E-state index in [1.165, 1.54) is 0 Å². The van der Waals surface area contributed by atoms with Gasteiger partial charge in [-0.2, -0.15) is 0 Å². The maximum absolute atomic E-state index is 5.63. The van der Waals surface area contributed by atoms with E-state index in [0.29, 0.717) is 30.7 Å². The van der Waals surface area contributed by atoms with Crippen LogP contribution in [0.3, 0.4) is 0 Å². The second-order valence-electron chi connectivity index (χ2n) is 4.31. The van der Waals surface area contributed by atoms with Crippen LogP contribution in [0, 0.1) is 0 Å². The molecule has 2 aromatic rings. The van der Waals surface area contributed by atoms with E-state index in [0.717, 1.165) is 11.3 Å². The molecule has 6 heteroatoms. The molecular formula is C13H15N3O3. The lowest BCUT2D eigenvalue weighted by Crippen LogP contribution is -2.15. The Labute approximate surface area is 110 Å². The summed E-state index contributed by atoms with van der Waals surface area (Å²) < 4.78 is 16.6. The van der Waals surface area contributed by atoms with Crippen LogP contribution in [-0.2, 0) is 0 Å². The van der Waals surface area contributed by atoms with Crippen LogP contribution < -0.4 is 14.8 Å². The zero-order valence-electron chi connectivity index (χ0n) is 10.8. The molecule has 0 fully saturated rings. The molecule has 3 rings (SSSR count). The Balaban J connectivity index is 1.91. The molecular weight excluding hydrogens is 246 g/mol. The first kappa shape index (κ1) is 12.0. The Kier molecular flexibility index (Phi) is 3.08. The van der Waals surface area contributed by atoms with Crippen LogP contribution >= 0.6 is 0 Å². The van der Waals surface area contributed by atoms with E-state index in [-0.39, 0.29) is 6.04 Å². The fourth-order valence-corrected chi connectivity index (χ4v) is 1.83. The van der Waals surface area contributed by atoms with Gasteiger partial charge in [-0.15, -0.1) is 10.2 Å². The average molecular weight is 261 g/mol. The molecule has 0 spiro atoms. The molecule has 100 valence electrons. The van der Waals surface area contributed by atoms with E-state index >= 15 is 0 Å². The predicted molar refractivity (Wildman–Crippen MR) is 68.2 cm³/mol. The monoisotopic (exact) mass is 261 g/mol. The summed E-state index contributed by atoms with van der Waals surface area (Å²) >= 11 is 0. The number of fused-ring (bicyclic) bond motifs is 1. The van der Waals surface area contributed by atoms with Crippen molar-refractivity contribution in [2.75, 3.05) is 20.3 Å². The first-order chi connectivity index (χ1) is 9.28. The fourth-order valence-electron chi connectivity index (χ4n) is 1.83. The van der Waals surface area contributed by atoms with Gasteiger partial charge in [0.25, 0.3) is 0 Å². The number of nitrogens with one attached hydrogen (secondary N) is 1. The van der Waals surface area contributed by atoms with Gasteiger partial charge in [-0.25, -0.2) is 0 Å². The highest BCUT2D eigenvalue weighted by Crippen LogP contribution is 2.34. The van der Waals surface area contributed by atoms with Crippen molar-refractivity contribution in [1.82, 2.24) is 15.5 Å². The van der Waals surface area contributed by atoms with Gasteiger partial charge >= 0.3 is 0 Å². The van der Waals surface area contributed by atoms with Gasteiger partial charge in [0.2, 0.25) is 11.8 Å². The van der Waals surface area contributed by atoms with E-state index in [4.69, 9.17) is 13.9 Å². The summed E-state index contributed by atoms with van der Waals surface area (Å²) in [6.45, 7) is 3.10. The second-order valence-corrected chi connectivity index (χ2v) is 4.31. The van der Waals surface area contributed by atoms with Crippen molar-refractivity contribution >= 4 is 0 Å². The minimum Gasteiger partial charge on any atom is -0.486 e. The first-order valence-corrected chi connectivity index (χ1v) is 6.18. The quantitative estimate of drug-likeness (QED) is 0.908. The number of benzene rings is 1. The molecule has 1 unspecified atom stereocenters. The SMILES string of the molecule is CNC(C)c1nnc(-c2ccc3c(c2)OCCO3)o1. The molecule has 0 aliphatic carbocycles. The van der Waals surface area contributed by atoms with Crippen LogP contribution in [0.2, 0.25) is 0 Å². The topological polar surface area (TPSA) is 69.4 Å². The number of nitrogens with zero attached hydrogens (tertiary/aromatic N) is 2. The summed E-state index contributed by atoms with van der Waals surface area (Å²) in [5.41, 5.74) is 0.825. The lowest BCUT2D eigenvalue weighted by molar-refractivity contribution is 0.171. The minimum absolute atomic E-state index is 0.0264. The lowest BCUT2D eigenvalue weighted by Gasteiger charge is -2.18. The molecule has 1 N–H and O–H groups in total. The van der Waals surface area contributed by atoms with E-state index < -0.39 is 0 Å². The molecule has 0 saturated carbocycles. The zero-order valence-corrected chi connectivity index (χ0v) is 10.8. The summed E-state index contributed by atoms with van der Waals surface area (Å²) in [6.07, 6.45) is 0. The van der Waals surface area contributed by atoms with Gasteiger partial charge < -0.3 is 19.2 Å². The maximum atomic E-state index is 5.63. The molecule has 2 heterocycles. The Morgan fingerprint density at radius 1 is 1.16 bits per heavy atom. The average Bonchev–Trinajstić information content (AvgIpc) is 2.95. The van der Waals surface area contributed by atoms with Gasteiger partial charge in [0.1, 0.15) is 13.2 Å². The molecule has 0 amide bonds. The Hall–Kier alpha value is -2.08. The summed E-state index contributed by atoms with van der Waals surface area (Å²) in [5.74, 6) is 2.50. The molecule has 0 saturated heterocycles. The number of ether oxygens (including phenoxy) is 2. The number of aromatic nitrogens is 2. The molecule has 1 aromatic carbocycles. The highest BCUT2D eigenvalue weighted by molar-refractivity contribution is 5.59. The molecule has 1 aliphatic rings.